The van der Waals surface area contributed by atoms with Crippen LogP contribution in [-0.2, 0) is 14.3 Å². The van der Waals surface area contributed by atoms with E-state index in [0.29, 0.717) is 4.57 Å². The van der Waals surface area contributed by atoms with Crippen molar-refractivity contribution in [1.82, 2.24) is 14.9 Å². The normalized spacial score (nSPS) is 28.3. The highest BCUT2D eigenvalue weighted by Gasteiger charge is 2.57. The lowest BCUT2D eigenvalue weighted by Gasteiger charge is -2.29. The molecule has 0 bridgehead atoms. The van der Waals surface area contributed by atoms with E-state index in [1.807, 2.05) is 4.98 Å². The Kier molecular flexibility index (Phi) is 6.04. The molecule has 1 saturated heterocycles. The van der Waals surface area contributed by atoms with Gasteiger partial charge in [0.2, 0.25) is 5.79 Å². The van der Waals surface area contributed by atoms with E-state index >= 15 is 0 Å². The highest BCUT2D eigenvalue weighted by Crippen LogP contribution is 2.39. The first kappa shape index (κ1) is 21.0. The highest BCUT2D eigenvalue weighted by atomic mass is 19.4. The van der Waals surface area contributed by atoms with Crippen molar-refractivity contribution in [3.05, 3.63) is 33.1 Å². The highest BCUT2D eigenvalue weighted by molar-refractivity contribution is 5.81. The van der Waals surface area contributed by atoms with Gasteiger partial charge in [-0.25, -0.2) is 9.18 Å². The molecule has 1 aliphatic heterocycles. The fourth-order valence-corrected chi connectivity index (χ4v) is 2.36. The number of rotatable bonds is 6. The summed E-state index contributed by atoms with van der Waals surface area (Å²) in [5.41, 5.74) is -1.83. The van der Waals surface area contributed by atoms with Crippen molar-refractivity contribution >= 4 is 5.91 Å². The van der Waals surface area contributed by atoms with Gasteiger partial charge in [-0.3, -0.25) is 19.1 Å². The number of aliphatic hydroxyl groups excluding tert-OH is 2. The first-order valence-electron chi connectivity index (χ1n) is 7.43. The van der Waals surface area contributed by atoms with Gasteiger partial charge in [-0.1, -0.05) is 0 Å². The number of ether oxygens (including phenoxy) is 2. The minimum atomic E-state index is -5.11. The number of alkyl halides is 4. The fraction of sp³-hybridized carbons (Fsp3) is 0.615. The summed E-state index contributed by atoms with van der Waals surface area (Å²) in [7, 11) is 0. The number of halogens is 4. The molecule has 2 rings (SSSR count). The largest absolute Gasteiger partial charge is 0.471 e. The van der Waals surface area contributed by atoms with E-state index in [-0.39, 0.29) is 0 Å². The zero-order valence-corrected chi connectivity index (χ0v) is 13.4. The summed E-state index contributed by atoms with van der Waals surface area (Å²) < 4.78 is 61.3. The molecule has 0 aliphatic carbocycles. The SMILES string of the molecule is O=C(NCCO[C@]1(CO)O[C@@H](n2ccc(=O)[nH]c2=O)[C@@H](F)[C@@H]1O)C(F)(F)F. The minimum Gasteiger partial charge on any atom is -0.391 e. The van der Waals surface area contributed by atoms with Crippen molar-refractivity contribution < 1.29 is 42.0 Å². The zero-order valence-electron chi connectivity index (χ0n) is 13.4. The van der Waals surface area contributed by atoms with Gasteiger partial charge in [-0.05, 0) is 0 Å². The monoisotopic (exact) mass is 401 g/mol. The maximum Gasteiger partial charge on any atom is 0.471 e. The molecule has 1 aromatic rings. The Morgan fingerprint density at radius 1 is 1.44 bits per heavy atom. The second-order valence-corrected chi connectivity index (χ2v) is 5.49. The minimum absolute atomic E-state index is 0.599. The van der Waals surface area contributed by atoms with Gasteiger partial charge in [-0.2, -0.15) is 13.2 Å². The molecule has 0 aromatic carbocycles. The van der Waals surface area contributed by atoms with Gasteiger partial charge in [0.05, 0.1) is 6.61 Å². The maximum atomic E-state index is 14.4. The van der Waals surface area contributed by atoms with Gasteiger partial charge in [-0.15, -0.1) is 0 Å². The fourth-order valence-electron chi connectivity index (χ4n) is 2.36. The number of carbonyl (C=O) groups is 1. The lowest BCUT2D eigenvalue weighted by molar-refractivity contribution is -0.281. The number of carbonyl (C=O) groups excluding carboxylic acids is 1. The number of nitrogens with one attached hydrogen (secondary N) is 2. The standard InChI is InChI=1S/C13H15F4N3O7/c14-7-8(23)12(5-21,26-4-2-18-10(24)13(15,16)17)27-9(7)20-3-1-6(22)19-11(20)25/h1,3,7-9,21,23H,2,4-5H2,(H,18,24)(H,19,22,25)/t7-,8-,9+,12+/m0/s1. The van der Waals surface area contributed by atoms with Crippen molar-refractivity contribution in [2.45, 2.75) is 30.5 Å². The topological polar surface area (TPSA) is 143 Å². The second kappa shape index (κ2) is 7.75. The van der Waals surface area contributed by atoms with E-state index in [1.54, 1.807) is 0 Å². The summed E-state index contributed by atoms with van der Waals surface area (Å²) in [6, 6.07) is 0.885. The van der Waals surface area contributed by atoms with Gasteiger partial charge >= 0.3 is 17.8 Å². The molecule has 0 unspecified atom stereocenters. The zero-order chi connectivity index (χ0) is 20.4. The average Bonchev–Trinajstić information content (AvgIpc) is 2.83. The quantitative estimate of drug-likeness (QED) is 0.324. The summed E-state index contributed by atoms with van der Waals surface area (Å²) in [6.07, 6.45) is -10.4. The lowest BCUT2D eigenvalue weighted by Crippen LogP contribution is -2.49. The number of aromatic amines is 1. The number of nitrogens with zero attached hydrogens (tertiary/aromatic N) is 1. The molecular formula is C13H15F4N3O7. The maximum absolute atomic E-state index is 14.4. The van der Waals surface area contributed by atoms with E-state index in [2.05, 4.69) is 0 Å². The van der Waals surface area contributed by atoms with Crippen LogP contribution in [0.5, 0.6) is 0 Å². The van der Waals surface area contributed by atoms with Crippen molar-refractivity contribution in [2.75, 3.05) is 19.8 Å². The summed E-state index contributed by atoms with van der Waals surface area (Å²) >= 11 is 0. The Labute approximate surface area is 147 Å². The first-order chi connectivity index (χ1) is 12.5. The van der Waals surface area contributed by atoms with Crippen LogP contribution in [0.15, 0.2) is 21.9 Å². The molecule has 1 aliphatic rings. The molecule has 0 spiro atoms. The predicted octanol–water partition coefficient (Wildman–Crippen LogP) is -1.85. The van der Waals surface area contributed by atoms with Crippen LogP contribution in [0.25, 0.3) is 0 Å². The third kappa shape index (κ3) is 4.35. The molecular weight excluding hydrogens is 386 g/mol. The van der Waals surface area contributed by atoms with Crippen molar-refractivity contribution in [1.29, 1.82) is 0 Å². The summed E-state index contributed by atoms with van der Waals surface area (Å²) in [5, 5.41) is 20.9. The number of amides is 1. The Bertz CT molecular complexity index is 795. The smallest absolute Gasteiger partial charge is 0.391 e. The molecule has 4 N–H and O–H groups in total. The van der Waals surface area contributed by atoms with Gasteiger partial charge in [0.25, 0.3) is 5.56 Å². The molecule has 10 nitrogen and oxygen atoms in total. The number of aromatic nitrogens is 2. The van der Waals surface area contributed by atoms with Crippen LogP contribution >= 0.6 is 0 Å². The van der Waals surface area contributed by atoms with Gasteiger partial charge in [0.15, 0.2) is 12.4 Å². The van der Waals surface area contributed by atoms with Gasteiger partial charge < -0.3 is 25.0 Å². The van der Waals surface area contributed by atoms with E-state index in [9.17, 15) is 42.2 Å². The first-order valence-corrected chi connectivity index (χ1v) is 7.43. The number of aliphatic hydroxyl groups is 2. The molecule has 27 heavy (non-hydrogen) atoms. The molecule has 2 heterocycles. The molecule has 1 aromatic heterocycles. The van der Waals surface area contributed by atoms with Gasteiger partial charge in [0.1, 0.15) is 12.7 Å². The van der Waals surface area contributed by atoms with Crippen LogP contribution in [0.1, 0.15) is 6.23 Å². The van der Waals surface area contributed by atoms with Crippen LogP contribution in [0.2, 0.25) is 0 Å². The molecule has 0 saturated carbocycles. The average molecular weight is 401 g/mol. The Hall–Kier alpha value is -2.29. The summed E-state index contributed by atoms with van der Waals surface area (Å²) in [5.74, 6) is -4.64. The van der Waals surface area contributed by atoms with Crippen LogP contribution in [0, 0.1) is 0 Å². The number of hydrogen-bond acceptors (Lipinski definition) is 7. The molecule has 1 fully saturated rings. The molecule has 0 radical (unpaired) electrons. The lowest BCUT2D eigenvalue weighted by atomic mass is 10.1. The van der Waals surface area contributed by atoms with E-state index in [0.717, 1.165) is 12.3 Å². The van der Waals surface area contributed by atoms with Crippen LogP contribution in [0.4, 0.5) is 17.6 Å². The van der Waals surface area contributed by atoms with Crippen molar-refractivity contribution in [2.24, 2.45) is 0 Å². The van der Waals surface area contributed by atoms with Gasteiger partial charge in [0, 0.05) is 18.8 Å². The second-order valence-electron chi connectivity index (χ2n) is 5.49. The van der Waals surface area contributed by atoms with E-state index in [4.69, 9.17) is 9.47 Å². The summed E-state index contributed by atoms with van der Waals surface area (Å²) in [6.45, 7) is -2.48. The third-order valence-electron chi connectivity index (χ3n) is 3.68. The molecule has 152 valence electrons. The predicted molar refractivity (Wildman–Crippen MR) is 77.2 cm³/mol. The van der Waals surface area contributed by atoms with Crippen molar-refractivity contribution in [3.8, 4) is 0 Å². The Morgan fingerprint density at radius 2 is 2.11 bits per heavy atom. The summed E-state index contributed by atoms with van der Waals surface area (Å²) in [4.78, 5) is 35.3. The molecule has 1 amide bonds. The number of hydrogen-bond donors (Lipinski definition) is 4. The Balaban J connectivity index is 2.09. The van der Waals surface area contributed by atoms with Crippen LogP contribution in [-0.4, -0.2) is 69.7 Å². The molecule has 4 atom stereocenters. The van der Waals surface area contributed by atoms with Crippen molar-refractivity contribution in [3.63, 3.8) is 0 Å². The van der Waals surface area contributed by atoms with Crippen LogP contribution in [0.3, 0.4) is 0 Å². The van der Waals surface area contributed by atoms with E-state index < -0.39 is 67.4 Å². The number of H-pyrrole nitrogens is 1. The molecule has 14 heteroatoms. The van der Waals surface area contributed by atoms with Crippen LogP contribution < -0.4 is 16.6 Å². The Morgan fingerprint density at radius 3 is 2.67 bits per heavy atom. The van der Waals surface area contributed by atoms with E-state index in [1.165, 1.54) is 5.32 Å². The third-order valence-corrected chi connectivity index (χ3v) is 3.68.